The maximum absolute atomic E-state index is 14.5. The third kappa shape index (κ3) is 6.86. The lowest BCUT2D eigenvalue weighted by molar-refractivity contribution is -0.136. The Labute approximate surface area is 272 Å². The van der Waals surface area contributed by atoms with Gasteiger partial charge in [0, 0.05) is 48.9 Å². The quantitative estimate of drug-likeness (QED) is 0.220. The average Bonchev–Trinajstić information content (AvgIpc) is 3.70. The largest absolute Gasteiger partial charge is 0.457 e. The van der Waals surface area contributed by atoms with Crippen LogP contribution in [0.1, 0.15) is 63.2 Å². The topological polar surface area (TPSA) is 108 Å². The molecule has 1 aliphatic rings. The highest BCUT2D eigenvalue weighted by molar-refractivity contribution is 6.30. The molecular formula is C33H39ClFN7O4. The second kappa shape index (κ2) is 12.7. The SMILES string of the molecule is Cc1nn(C)c(C)c1-c1cn(C2C[C@H](C(=O)N(C)C(C)c3cc(F)ccc3Oc3ccc(Cl)cc3)N(C(=O)OC(C)(C)C)C2)nn1. The monoisotopic (exact) mass is 651 g/mol. The van der Waals surface area contributed by atoms with Crippen LogP contribution in [0.2, 0.25) is 5.02 Å². The number of rotatable bonds is 7. The van der Waals surface area contributed by atoms with E-state index in [-0.39, 0.29) is 24.9 Å². The fourth-order valence-electron chi connectivity index (χ4n) is 5.68. The number of halogens is 2. The third-order valence-corrected chi connectivity index (χ3v) is 8.49. The van der Waals surface area contributed by atoms with E-state index in [2.05, 4.69) is 15.4 Å². The highest BCUT2D eigenvalue weighted by Crippen LogP contribution is 2.36. The minimum atomic E-state index is -0.865. The maximum atomic E-state index is 14.5. The summed E-state index contributed by atoms with van der Waals surface area (Å²) in [4.78, 5) is 30.6. The maximum Gasteiger partial charge on any atom is 0.411 e. The molecule has 0 bridgehead atoms. The van der Waals surface area contributed by atoms with E-state index in [9.17, 15) is 14.0 Å². The van der Waals surface area contributed by atoms with Crippen LogP contribution in [0.4, 0.5) is 9.18 Å². The van der Waals surface area contributed by atoms with E-state index < -0.39 is 29.6 Å². The molecule has 13 heteroatoms. The average molecular weight is 652 g/mol. The Kier molecular flexibility index (Phi) is 9.12. The molecule has 0 N–H and O–H groups in total. The Balaban J connectivity index is 1.42. The van der Waals surface area contributed by atoms with E-state index in [0.29, 0.717) is 27.8 Å². The Hall–Kier alpha value is -4.45. The Bertz CT molecular complexity index is 1750. The molecule has 1 saturated heterocycles. The highest BCUT2D eigenvalue weighted by Gasteiger charge is 2.44. The van der Waals surface area contributed by atoms with Crippen molar-refractivity contribution in [2.45, 2.75) is 71.7 Å². The smallest absolute Gasteiger partial charge is 0.411 e. The van der Waals surface area contributed by atoms with Crippen molar-refractivity contribution < 1.29 is 23.5 Å². The fourth-order valence-corrected chi connectivity index (χ4v) is 5.80. The summed E-state index contributed by atoms with van der Waals surface area (Å²) in [6.07, 6.45) is 1.49. The van der Waals surface area contributed by atoms with Gasteiger partial charge in [-0.1, -0.05) is 16.8 Å². The molecule has 11 nitrogen and oxygen atoms in total. The van der Waals surface area contributed by atoms with Gasteiger partial charge in [-0.25, -0.2) is 13.9 Å². The summed E-state index contributed by atoms with van der Waals surface area (Å²) < 4.78 is 29.8. The summed E-state index contributed by atoms with van der Waals surface area (Å²) in [5.41, 5.74) is 3.02. The summed E-state index contributed by atoms with van der Waals surface area (Å²) in [5.74, 6) is 0.0998. The summed E-state index contributed by atoms with van der Waals surface area (Å²) in [6.45, 7) is 11.2. The van der Waals surface area contributed by atoms with E-state index in [1.807, 2.05) is 27.1 Å². The molecule has 2 unspecified atom stereocenters. The van der Waals surface area contributed by atoms with Gasteiger partial charge in [-0.05, 0) is 84.0 Å². The molecule has 0 aliphatic carbocycles. The number of carbonyl (C=O) groups is 2. The van der Waals surface area contributed by atoms with Crippen molar-refractivity contribution >= 4 is 23.6 Å². The van der Waals surface area contributed by atoms with Crippen molar-refractivity contribution in [2.24, 2.45) is 7.05 Å². The lowest BCUT2D eigenvalue weighted by Crippen LogP contribution is -2.48. The second-order valence-corrected chi connectivity index (χ2v) is 13.1. The number of nitrogens with zero attached hydrogens (tertiary/aromatic N) is 7. The number of amides is 2. The lowest BCUT2D eigenvalue weighted by Gasteiger charge is -2.33. The zero-order valence-electron chi connectivity index (χ0n) is 27.3. The van der Waals surface area contributed by atoms with Crippen LogP contribution >= 0.6 is 11.6 Å². The number of benzene rings is 2. The van der Waals surface area contributed by atoms with Crippen LogP contribution in [0, 0.1) is 19.7 Å². The van der Waals surface area contributed by atoms with Gasteiger partial charge >= 0.3 is 6.09 Å². The Morgan fingerprint density at radius 2 is 1.83 bits per heavy atom. The number of hydrogen-bond acceptors (Lipinski definition) is 7. The first-order valence-electron chi connectivity index (χ1n) is 15.0. The Morgan fingerprint density at radius 3 is 2.46 bits per heavy atom. The van der Waals surface area contributed by atoms with Crippen LogP contribution in [0.15, 0.2) is 48.7 Å². The van der Waals surface area contributed by atoms with E-state index in [0.717, 1.165) is 17.0 Å². The van der Waals surface area contributed by atoms with Crippen molar-refractivity contribution in [2.75, 3.05) is 13.6 Å². The van der Waals surface area contributed by atoms with Gasteiger partial charge in [0.25, 0.3) is 0 Å². The normalized spacial score (nSPS) is 17.2. The summed E-state index contributed by atoms with van der Waals surface area (Å²) in [7, 11) is 3.50. The molecule has 1 fully saturated rings. The van der Waals surface area contributed by atoms with Crippen LogP contribution in [-0.4, -0.2) is 71.8 Å². The van der Waals surface area contributed by atoms with Crippen LogP contribution in [0.3, 0.4) is 0 Å². The third-order valence-electron chi connectivity index (χ3n) is 8.23. The van der Waals surface area contributed by atoms with Crippen molar-refractivity contribution in [1.29, 1.82) is 0 Å². The molecule has 0 saturated carbocycles. The number of carbonyl (C=O) groups excluding carboxylic acids is 2. The first-order valence-corrected chi connectivity index (χ1v) is 15.4. The second-order valence-electron chi connectivity index (χ2n) is 12.7. The standard InChI is InChI=1S/C33H39ClFN7O4/c1-19-30(21(3)40(8)37-19)27-18-42(38-36-27)24-16-28(41(17-24)32(44)46-33(4,5)6)31(43)39(7)20(2)26-15-23(35)11-14-29(26)45-25-12-9-22(34)10-13-25/h9-15,18,20,24,28H,16-17H2,1-8H3/t20?,24?,28-/m1/s1. The zero-order chi connectivity index (χ0) is 33.5. The predicted octanol–water partition coefficient (Wildman–Crippen LogP) is 6.65. The van der Waals surface area contributed by atoms with Crippen LogP contribution in [-0.2, 0) is 16.6 Å². The van der Waals surface area contributed by atoms with Gasteiger partial charge in [-0.3, -0.25) is 14.4 Å². The minimum Gasteiger partial charge on any atom is -0.457 e. The molecule has 5 rings (SSSR count). The summed E-state index contributed by atoms with van der Waals surface area (Å²) >= 11 is 6.02. The van der Waals surface area contributed by atoms with Crippen molar-refractivity contribution in [1.82, 2.24) is 34.6 Å². The van der Waals surface area contributed by atoms with Gasteiger partial charge in [0.1, 0.15) is 34.7 Å². The molecule has 3 heterocycles. The molecule has 46 heavy (non-hydrogen) atoms. The predicted molar refractivity (Wildman–Crippen MR) is 171 cm³/mol. The molecule has 2 aromatic heterocycles. The number of likely N-dealkylation sites (tertiary alicyclic amines) is 1. The van der Waals surface area contributed by atoms with Crippen LogP contribution in [0.5, 0.6) is 11.5 Å². The highest BCUT2D eigenvalue weighted by atomic mass is 35.5. The van der Waals surface area contributed by atoms with Gasteiger partial charge in [-0.2, -0.15) is 5.10 Å². The summed E-state index contributed by atoms with van der Waals surface area (Å²) in [6, 6.07) is 9.16. The van der Waals surface area contributed by atoms with Crippen LogP contribution in [0.25, 0.3) is 11.3 Å². The molecule has 0 spiro atoms. The van der Waals surface area contributed by atoms with Gasteiger partial charge in [0.2, 0.25) is 5.91 Å². The van der Waals surface area contributed by atoms with Crippen molar-refractivity contribution in [3.8, 4) is 22.8 Å². The molecule has 3 atom stereocenters. The molecule has 244 valence electrons. The van der Waals surface area contributed by atoms with Crippen molar-refractivity contribution in [3.05, 3.63) is 76.5 Å². The van der Waals surface area contributed by atoms with E-state index in [1.54, 1.807) is 68.4 Å². The molecule has 2 amide bonds. The zero-order valence-corrected chi connectivity index (χ0v) is 28.0. The van der Waals surface area contributed by atoms with Gasteiger partial charge in [0.05, 0.1) is 24.0 Å². The first-order chi connectivity index (χ1) is 21.6. The van der Waals surface area contributed by atoms with Crippen LogP contribution < -0.4 is 4.74 Å². The van der Waals surface area contributed by atoms with Gasteiger partial charge in [-0.15, -0.1) is 5.10 Å². The first kappa shape index (κ1) is 32.9. The molecule has 4 aromatic rings. The molecular weight excluding hydrogens is 613 g/mol. The number of hydrogen-bond donors (Lipinski definition) is 0. The molecule has 2 aromatic carbocycles. The van der Waals surface area contributed by atoms with E-state index >= 15 is 0 Å². The van der Waals surface area contributed by atoms with E-state index in [1.165, 1.54) is 28.0 Å². The lowest BCUT2D eigenvalue weighted by atomic mass is 10.0. The number of aryl methyl sites for hydroxylation is 2. The van der Waals surface area contributed by atoms with Gasteiger partial charge < -0.3 is 14.4 Å². The minimum absolute atomic E-state index is 0.187. The van der Waals surface area contributed by atoms with Crippen molar-refractivity contribution in [3.63, 3.8) is 0 Å². The number of likely N-dealkylation sites (N-methyl/N-ethyl adjacent to an activating group) is 1. The Morgan fingerprint density at radius 1 is 1.13 bits per heavy atom. The number of aromatic nitrogens is 5. The fraction of sp³-hybridized carbons (Fsp3) is 0.424. The number of ether oxygens (including phenoxy) is 2. The molecule has 0 radical (unpaired) electrons. The van der Waals surface area contributed by atoms with Gasteiger partial charge in [0.15, 0.2) is 0 Å². The van der Waals surface area contributed by atoms with E-state index in [4.69, 9.17) is 21.1 Å². The summed E-state index contributed by atoms with van der Waals surface area (Å²) in [5, 5.41) is 13.8. The molecule has 1 aliphatic heterocycles.